The van der Waals surface area contributed by atoms with E-state index in [1.54, 1.807) is 35.2 Å². The lowest BCUT2D eigenvalue weighted by atomic mass is 9.97. The lowest BCUT2D eigenvalue weighted by Gasteiger charge is -2.33. The minimum Gasteiger partial charge on any atom is -0.304 e. The summed E-state index contributed by atoms with van der Waals surface area (Å²) < 4.78 is 43.3. The molecule has 4 heterocycles. The Kier molecular flexibility index (Phi) is 7.22. The van der Waals surface area contributed by atoms with Crippen LogP contribution in [0, 0.1) is 11.8 Å². The van der Waals surface area contributed by atoms with Gasteiger partial charge in [-0.2, -0.15) is 18.3 Å². The summed E-state index contributed by atoms with van der Waals surface area (Å²) in [5.74, 6) is 5.57. The molecular formula is C28H25F3N6O. The van der Waals surface area contributed by atoms with Crippen molar-refractivity contribution < 1.29 is 18.0 Å². The first-order chi connectivity index (χ1) is 18.3. The van der Waals surface area contributed by atoms with E-state index < -0.39 is 17.5 Å². The molecule has 0 N–H and O–H groups in total. The smallest absolute Gasteiger partial charge is 0.304 e. The van der Waals surface area contributed by atoms with Crippen LogP contribution in [-0.4, -0.2) is 68.4 Å². The zero-order chi connectivity index (χ0) is 26.7. The highest BCUT2D eigenvalue weighted by atomic mass is 19.4. The molecule has 1 fully saturated rings. The van der Waals surface area contributed by atoms with E-state index in [1.807, 2.05) is 18.0 Å². The predicted octanol–water partition coefficient (Wildman–Crippen LogP) is 3.72. The third-order valence-corrected chi connectivity index (χ3v) is 6.50. The molecule has 38 heavy (non-hydrogen) atoms. The maximum atomic E-state index is 13.9. The van der Waals surface area contributed by atoms with E-state index >= 15 is 0 Å². The Hall–Kier alpha value is -4.07. The van der Waals surface area contributed by atoms with Crippen LogP contribution in [0.15, 0.2) is 61.2 Å². The third kappa shape index (κ3) is 5.90. The second-order valence-corrected chi connectivity index (χ2v) is 9.32. The van der Waals surface area contributed by atoms with Crippen molar-refractivity contribution in [2.75, 3.05) is 33.2 Å². The van der Waals surface area contributed by atoms with Crippen molar-refractivity contribution in [2.45, 2.75) is 19.1 Å². The minimum atomic E-state index is -4.55. The topological polar surface area (TPSA) is 66.6 Å². The summed E-state index contributed by atoms with van der Waals surface area (Å²) in [6, 6.07) is 9.19. The maximum absolute atomic E-state index is 13.9. The number of benzene rings is 1. The quantitative estimate of drug-likeness (QED) is 0.297. The molecule has 0 aliphatic carbocycles. The number of carbonyl (C=O) groups is 1. The number of imidazole rings is 1. The van der Waals surface area contributed by atoms with Crippen molar-refractivity contribution in [1.82, 2.24) is 29.4 Å². The molecule has 0 unspecified atom stereocenters. The van der Waals surface area contributed by atoms with Gasteiger partial charge >= 0.3 is 6.18 Å². The number of hydrogen-bond donors (Lipinski definition) is 0. The first kappa shape index (κ1) is 25.6. The van der Waals surface area contributed by atoms with Crippen molar-refractivity contribution in [3.63, 3.8) is 0 Å². The van der Waals surface area contributed by atoms with Crippen molar-refractivity contribution in [2.24, 2.45) is 0 Å². The Morgan fingerprint density at radius 2 is 1.84 bits per heavy atom. The van der Waals surface area contributed by atoms with Crippen LogP contribution in [0.25, 0.3) is 5.65 Å². The van der Waals surface area contributed by atoms with Crippen LogP contribution >= 0.6 is 0 Å². The van der Waals surface area contributed by atoms with Crippen molar-refractivity contribution in [3.8, 4) is 11.8 Å². The molecule has 194 valence electrons. The fraction of sp³-hybridized carbons (Fsp3) is 0.286. The van der Waals surface area contributed by atoms with Gasteiger partial charge in [-0.05, 0) is 48.4 Å². The van der Waals surface area contributed by atoms with Crippen LogP contribution < -0.4 is 0 Å². The lowest BCUT2D eigenvalue weighted by molar-refractivity contribution is -0.138. The van der Waals surface area contributed by atoms with Gasteiger partial charge in [0.15, 0.2) is 11.4 Å². The fourth-order valence-electron chi connectivity index (χ4n) is 4.39. The normalized spacial score (nSPS) is 14.8. The number of pyridine rings is 1. The second kappa shape index (κ2) is 10.7. The van der Waals surface area contributed by atoms with Crippen LogP contribution in [0.2, 0.25) is 0 Å². The maximum Gasteiger partial charge on any atom is 0.416 e. The molecular weight excluding hydrogens is 493 g/mol. The van der Waals surface area contributed by atoms with Crippen molar-refractivity contribution in [3.05, 3.63) is 94.7 Å². The number of halogens is 3. The molecule has 7 nitrogen and oxygen atoms in total. The number of nitrogens with zero attached hydrogens (tertiary/aromatic N) is 6. The monoisotopic (exact) mass is 518 g/mol. The van der Waals surface area contributed by atoms with E-state index in [0.29, 0.717) is 35.6 Å². The highest BCUT2D eigenvalue weighted by molar-refractivity contribution is 5.97. The molecule has 0 spiro atoms. The van der Waals surface area contributed by atoms with Crippen LogP contribution in [0.5, 0.6) is 0 Å². The van der Waals surface area contributed by atoms with Crippen molar-refractivity contribution >= 4 is 11.4 Å². The molecule has 0 saturated carbocycles. The molecule has 0 bridgehead atoms. The summed E-state index contributed by atoms with van der Waals surface area (Å²) in [5.41, 5.74) is 1.84. The number of fused-ring (bicyclic) bond motifs is 1. The average Bonchev–Trinajstić information content (AvgIpc) is 3.32. The Balaban J connectivity index is 1.32. The summed E-state index contributed by atoms with van der Waals surface area (Å²) in [6.07, 6.45) is 1.69. The molecule has 3 aromatic heterocycles. The Labute approximate surface area is 217 Å². The van der Waals surface area contributed by atoms with E-state index in [9.17, 15) is 18.0 Å². The summed E-state index contributed by atoms with van der Waals surface area (Å²) in [4.78, 5) is 25.5. The summed E-state index contributed by atoms with van der Waals surface area (Å²) in [6.45, 7) is 3.23. The highest BCUT2D eigenvalue weighted by Gasteiger charge is 2.34. The molecule has 0 radical (unpaired) electrons. The van der Waals surface area contributed by atoms with Gasteiger partial charge in [-0.1, -0.05) is 18.1 Å². The number of carbonyl (C=O) groups excluding carboxylic acids is 1. The van der Waals surface area contributed by atoms with Crippen LogP contribution in [0.1, 0.15) is 38.3 Å². The van der Waals surface area contributed by atoms with Crippen LogP contribution in [0.3, 0.4) is 0 Å². The Morgan fingerprint density at radius 1 is 1.03 bits per heavy atom. The average molecular weight is 519 g/mol. The molecule has 0 atom stereocenters. The number of rotatable bonds is 5. The van der Waals surface area contributed by atoms with Crippen LogP contribution in [0.4, 0.5) is 13.2 Å². The number of alkyl halides is 3. The molecule has 5 rings (SSSR count). The Bertz CT molecular complexity index is 1530. The van der Waals surface area contributed by atoms with Gasteiger partial charge in [0.1, 0.15) is 5.69 Å². The summed E-state index contributed by atoms with van der Waals surface area (Å²) >= 11 is 0. The standard InChI is InChI=1S/C28H25F3N6O/c1-35-9-11-36(12-10-35)19-23-6-5-22(15-25(23)28(29,30)31)26(38)14-21-13-20(16-32-17-21)4-7-24-18-33-27-3-2-8-34-37(24)27/h2-3,5-6,8,13,15-18H,9-12,14,19H2,1H3. The summed E-state index contributed by atoms with van der Waals surface area (Å²) in [7, 11) is 2.00. The molecule has 0 amide bonds. The lowest BCUT2D eigenvalue weighted by Crippen LogP contribution is -2.44. The second-order valence-electron chi connectivity index (χ2n) is 9.32. The zero-order valence-electron chi connectivity index (χ0n) is 20.7. The number of ketones is 1. The summed E-state index contributed by atoms with van der Waals surface area (Å²) in [5, 5.41) is 4.22. The molecule has 1 aromatic carbocycles. The van der Waals surface area contributed by atoms with E-state index in [2.05, 4.69) is 31.8 Å². The molecule has 4 aromatic rings. The van der Waals surface area contributed by atoms with Crippen molar-refractivity contribution in [1.29, 1.82) is 0 Å². The number of piperazine rings is 1. The molecule has 1 aliphatic heterocycles. The number of aromatic nitrogens is 4. The van der Waals surface area contributed by atoms with E-state index in [4.69, 9.17) is 0 Å². The number of hydrogen-bond acceptors (Lipinski definition) is 6. The van der Waals surface area contributed by atoms with Gasteiger partial charge in [0.2, 0.25) is 0 Å². The van der Waals surface area contributed by atoms with Gasteiger partial charge in [0.05, 0.1) is 11.8 Å². The number of Topliss-reactive ketones (excluding diaryl/α,β-unsaturated/α-hetero) is 1. The van der Waals surface area contributed by atoms with Gasteiger partial charge < -0.3 is 4.90 Å². The van der Waals surface area contributed by atoms with Gasteiger partial charge in [-0.25, -0.2) is 9.50 Å². The van der Waals surface area contributed by atoms with E-state index in [-0.39, 0.29) is 24.1 Å². The molecule has 1 aliphatic rings. The first-order valence-electron chi connectivity index (χ1n) is 12.2. The predicted molar refractivity (Wildman–Crippen MR) is 135 cm³/mol. The molecule has 1 saturated heterocycles. The SMILES string of the molecule is CN1CCN(Cc2ccc(C(=O)Cc3cncc(C#Cc4cnc5cccnn45)c3)cc2C(F)(F)F)CC1. The Morgan fingerprint density at radius 3 is 2.63 bits per heavy atom. The van der Waals surface area contributed by atoms with Gasteiger partial charge in [-0.15, -0.1) is 0 Å². The fourth-order valence-corrected chi connectivity index (χ4v) is 4.39. The van der Waals surface area contributed by atoms with E-state index in [1.165, 1.54) is 18.3 Å². The van der Waals surface area contributed by atoms with Gasteiger partial charge in [0.25, 0.3) is 0 Å². The zero-order valence-corrected chi connectivity index (χ0v) is 20.7. The first-order valence-corrected chi connectivity index (χ1v) is 12.2. The van der Waals surface area contributed by atoms with Gasteiger partial charge in [-0.3, -0.25) is 14.7 Å². The largest absolute Gasteiger partial charge is 0.416 e. The molecule has 10 heteroatoms. The van der Waals surface area contributed by atoms with Gasteiger partial charge in [0, 0.05) is 68.9 Å². The highest BCUT2D eigenvalue weighted by Crippen LogP contribution is 2.33. The minimum absolute atomic E-state index is 0.0211. The number of likely N-dealkylation sites (N-methyl/N-ethyl adjacent to an activating group) is 1. The van der Waals surface area contributed by atoms with E-state index in [0.717, 1.165) is 19.2 Å². The van der Waals surface area contributed by atoms with Crippen LogP contribution in [-0.2, 0) is 19.1 Å². The third-order valence-electron chi connectivity index (χ3n) is 6.50.